The van der Waals surface area contributed by atoms with Crippen molar-refractivity contribution >= 4 is 11.7 Å². The van der Waals surface area contributed by atoms with Gasteiger partial charge in [0.1, 0.15) is 0 Å². The SMILES string of the molecule is Cc1ccc(C(=O)O)c(N2CCC(C(C)O)CC2)c1. The summed E-state index contributed by atoms with van der Waals surface area (Å²) >= 11 is 0. The van der Waals surface area contributed by atoms with Crippen molar-refractivity contribution in [1.29, 1.82) is 0 Å². The number of nitrogens with zero attached hydrogens (tertiary/aromatic N) is 1. The molecule has 0 aliphatic carbocycles. The molecule has 0 spiro atoms. The van der Waals surface area contributed by atoms with Crippen molar-refractivity contribution in [3.63, 3.8) is 0 Å². The van der Waals surface area contributed by atoms with E-state index in [1.165, 1.54) is 0 Å². The fourth-order valence-electron chi connectivity index (χ4n) is 2.71. The summed E-state index contributed by atoms with van der Waals surface area (Å²) in [5.74, 6) is -0.554. The lowest BCUT2D eigenvalue weighted by Crippen LogP contribution is -2.37. The first-order chi connectivity index (χ1) is 8.99. The van der Waals surface area contributed by atoms with Crippen molar-refractivity contribution in [3.05, 3.63) is 29.3 Å². The van der Waals surface area contributed by atoms with Crippen LogP contribution in [0.2, 0.25) is 0 Å². The van der Waals surface area contributed by atoms with Gasteiger partial charge in [-0.1, -0.05) is 6.07 Å². The van der Waals surface area contributed by atoms with Gasteiger partial charge in [0, 0.05) is 13.1 Å². The molecule has 2 rings (SSSR count). The molecule has 1 aromatic carbocycles. The van der Waals surface area contributed by atoms with E-state index in [9.17, 15) is 15.0 Å². The van der Waals surface area contributed by atoms with Gasteiger partial charge in [0.15, 0.2) is 0 Å². The summed E-state index contributed by atoms with van der Waals surface area (Å²) in [6.07, 6.45) is 1.54. The van der Waals surface area contributed by atoms with Crippen molar-refractivity contribution in [3.8, 4) is 0 Å². The van der Waals surface area contributed by atoms with E-state index in [0.29, 0.717) is 11.5 Å². The molecule has 104 valence electrons. The van der Waals surface area contributed by atoms with E-state index >= 15 is 0 Å². The van der Waals surface area contributed by atoms with Gasteiger partial charge in [-0.15, -0.1) is 0 Å². The van der Waals surface area contributed by atoms with Crippen molar-refractivity contribution in [2.75, 3.05) is 18.0 Å². The van der Waals surface area contributed by atoms with Crippen LogP contribution in [0.1, 0.15) is 35.7 Å². The summed E-state index contributed by atoms with van der Waals surface area (Å²) < 4.78 is 0. The minimum atomic E-state index is -0.882. The van der Waals surface area contributed by atoms with E-state index < -0.39 is 5.97 Å². The fraction of sp³-hybridized carbons (Fsp3) is 0.533. The summed E-state index contributed by atoms with van der Waals surface area (Å²) in [6, 6.07) is 5.44. The zero-order valence-corrected chi connectivity index (χ0v) is 11.5. The second kappa shape index (κ2) is 5.61. The van der Waals surface area contributed by atoms with Gasteiger partial charge < -0.3 is 15.1 Å². The molecule has 19 heavy (non-hydrogen) atoms. The average molecular weight is 263 g/mol. The highest BCUT2D eigenvalue weighted by Gasteiger charge is 2.25. The standard InChI is InChI=1S/C15H21NO3/c1-10-3-4-13(15(18)19)14(9-10)16-7-5-12(6-8-16)11(2)17/h3-4,9,11-12,17H,5-8H2,1-2H3,(H,18,19). The molecular weight excluding hydrogens is 242 g/mol. The third-order valence-electron chi connectivity index (χ3n) is 3.95. The van der Waals surface area contributed by atoms with Crippen LogP contribution in [0.4, 0.5) is 5.69 Å². The highest BCUT2D eigenvalue weighted by Crippen LogP contribution is 2.28. The number of aromatic carboxylic acids is 1. The molecule has 0 bridgehead atoms. The molecule has 1 aromatic rings. The van der Waals surface area contributed by atoms with Crippen LogP contribution >= 0.6 is 0 Å². The summed E-state index contributed by atoms with van der Waals surface area (Å²) in [6.45, 7) is 5.41. The molecule has 0 saturated carbocycles. The molecule has 1 unspecified atom stereocenters. The van der Waals surface area contributed by atoms with Gasteiger partial charge in [0.25, 0.3) is 0 Å². The monoisotopic (exact) mass is 263 g/mol. The number of rotatable bonds is 3. The van der Waals surface area contributed by atoms with E-state index in [-0.39, 0.29) is 6.10 Å². The number of carbonyl (C=O) groups is 1. The molecule has 1 atom stereocenters. The predicted octanol–water partition coefficient (Wildman–Crippen LogP) is 2.29. The lowest BCUT2D eigenvalue weighted by molar-refractivity contribution is 0.0696. The number of benzene rings is 1. The van der Waals surface area contributed by atoms with E-state index in [1.807, 2.05) is 26.0 Å². The molecular formula is C15H21NO3. The summed E-state index contributed by atoms with van der Waals surface area (Å²) in [4.78, 5) is 13.4. The van der Waals surface area contributed by atoms with Gasteiger partial charge in [-0.05, 0) is 50.3 Å². The van der Waals surface area contributed by atoms with Crippen molar-refractivity contribution in [2.24, 2.45) is 5.92 Å². The Balaban J connectivity index is 2.19. The molecule has 1 heterocycles. The maximum absolute atomic E-state index is 11.3. The fourth-order valence-corrected chi connectivity index (χ4v) is 2.71. The number of hydrogen-bond acceptors (Lipinski definition) is 3. The van der Waals surface area contributed by atoms with Crippen LogP contribution in [0.15, 0.2) is 18.2 Å². The van der Waals surface area contributed by atoms with Crippen LogP contribution in [0.3, 0.4) is 0 Å². The largest absolute Gasteiger partial charge is 0.478 e. The number of anilines is 1. The maximum Gasteiger partial charge on any atom is 0.337 e. The minimum absolute atomic E-state index is 0.279. The first-order valence-corrected chi connectivity index (χ1v) is 6.76. The molecule has 0 radical (unpaired) electrons. The topological polar surface area (TPSA) is 60.8 Å². The van der Waals surface area contributed by atoms with Gasteiger partial charge in [0.2, 0.25) is 0 Å². The van der Waals surface area contributed by atoms with E-state index in [1.54, 1.807) is 6.07 Å². The molecule has 1 aliphatic rings. The van der Waals surface area contributed by atoms with Crippen molar-refractivity contribution in [2.45, 2.75) is 32.8 Å². The highest BCUT2D eigenvalue weighted by atomic mass is 16.4. The number of aliphatic hydroxyl groups is 1. The van der Waals surface area contributed by atoms with Crippen LogP contribution in [-0.2, 0) is 0 Å². The Morgan fingerprint density at radius 1 is 1.37 bits per heavy atom. The Labute approximate surface area is 113 Å². The van der Waals surface area contributed by atoms with Gasteiger partial charge in [-0.2, -0.15) is 0 Å². The van der Waals surface area contributed by atoms with Crippen LogP contribution in [0, 0.1) is 12.8 Å². The normalized spacial score (nSPS) is 18.4. The zero-order valence-electron chi connectivity index (χ0n) is 11.5. The summed E-state index contributed by atoms with van der Waals surface area (Å²) in [5.41, 5.74) is 2.23. The second-order valence-electron chi connectivity index (χ2n) is 5.39. The van der Waals surface area contributed by atoms with Gasteiger partial charge in [-0.25, -0.2) is 4.79 Å². The Morgan fingerprint density at radius 3 is 2.53 bits per heavy atom. The molecule has 1 saturated heterocycles. The minimum Gasteiger partial charge on any atom is -0.478 e. The van der Waals surface area contributed by atoms with Crippen molar-refractivity contribution < 1.29 is 15.0 Å². The van der Waals surface area contributed by atoms with Crippen LogP contribution in [0.25, 0.3) is 0 Å². The third-order valence-corrected chi connectivity index (χ3v) is 3.95. The smallest absolute Gasteiger partial charge is 0.337 e. The van der Waals surface area contributed by atoms with E-state index in [4.69, 9.17) is 0 Å². The van der Waals surface area contributed by atoms with E-state index in [2.05, 4.69) is 4.90 Å². The number of carboxylic acids is 1. The summed E-state index contributed by atoms with van der Waals surface area (Å²) in [7, 11) is 0. The quantitative estimate of drug-likeness (QED) is 0.878. The van der Waals surface area contributed by atoms with Crippen LogP contribution in [-0.4, -0.2) is 35.4 Å². The van der Waals surface area contributed by atoms with Crippen LogP contribution < -0.4 is 4.90 Å². The van der Waals surface area contributed by atoms with Gasteiger partial charge in [0.05, 0.1) is 17.4 Å². The average Bonchev–Trinajstić information content (AvgIpc) is 2.38. The second-order valence-corrected chi connectivity index (χ2v) is 5.39. The Kier molecular flexibility index (Phi) is 4.10. The Hall–Kier alpha value is -1.55. The molecule has 0 aromatic heterocycles. The zero-order chi connectivity index (χ0) is 14.0. The highest BCUT2D eigenvalue weighted by molar-refractivity contribution is 5.94. The first-order valence-electron chi connectivity index (χ1n) is 6.76. The lowest BCUT2D eigenvalue weighted by atomic mass is 9.91. The van der Waals surface area contributed by atoms with E-state index in [0.717, 1.165) is 37.2 Å². The van der Waals surface area contributed by atoms with Gasteiger partial charge in [-0.3, -0.25) is 0 Å². The number of hydrogen-bond donors (Lipinski definition) is 2. The molecule has 1 fully saturated rings. The maximum atomic E-state index is 11.3. The third kappa shape index (κ3) is 3.07. The molecule has 0 amide bonds. The molecule has 4 nitrogen and oxygen atoms in total. The number of aliphatic hydroxyl groups excluding tert-OH is 1. The molecule has 1 aliphatic heterocycles. The number of carboxylic acid groups (broad SMARTS) is 1. The first kappa shape index (κ1) is 13.9. The Bertz CT molecular complexity index is 462. The van der Waals surface area contributed by atoms with Crippen LogP contribution in [0.5, 0.6) is 0 Å². The number of aryl methyl sites for hydroxylation is 1. The number of piperidine rings is 1. The van der Waals surface area contributed by atoms with Crippen molar-refractivity contribution in [1.82, 2.24) is 0 Å². The molecule has 2 N–H and O–H groups in total. The van der Waals surface area contributed by atoms with Gasteiger partial charge >= 0.3 is 5.97 Å². The summed E-state index contributed by atoms with van der Waals surface area (Å²) in [5, 5.41) is 18.9. The Morgan fingerprint density at radius 2 is 2.00 bits per heavy atom. The molecule has 4 heteroatoms. The lowest BCUT2D eigenvalue weighted by Gasteiger charge is -2.35. The predicted molar refractivity (Wildman–Crippen MR) is 74.8 cm³/mol.